The fourth-order valence-electron chi connectivity index (χ4n) is 4.48. The minimum absolute atomic E-state index is 0.0329. The summed E-state index contributed by atoms with van der Waals surface area (Å²) in [4.78, 5) is 18.0. The summed E-state index contributed by atoms with van der Waals surface area (Å²) >= 11 is 0. The highest BCUT2D eigenvalue weighted by Crippen LogP contribution is 2.26. The van der Waals surface area contributed by atoms with Crippen LogP contribution in [0.2, 0.25) is 0 Å². The van der Waals surface area contributed by atoms with Crippen LogP contribution in [0.1, 0.15) is 6.42 Å². The number of amides is 1. The number of hydrogen-bond donors (Lipinski definition) is 8. The monoisotopic (exact) mass is 635 g/mol. The molecule has 44 heavy (non-hydrogen) atoms. The van der Waals surface area contributed by atoms with Crippen molar-refractivity contribution in [2.75, 3.05) is 71.3 Å². The molecule has 0 aliphatic carbocycles. The minimum atomic E-state index is -1.66. The van der Waals surface area contributed by atoms with Gasteiger partial charge in [0.25, 0.3) is 0 Å². The molecule has 0 aromatic carbocycles. The number of aliphatic hydroxyl groups excluding tert-OH is 7. The van der Waals surface area contributed by atoms with Crippen LogP contribution in [0.5, 0.6) is 0 Å². The van der Waals surface area contributed by atoms with Crippen molar-refractivity contribution in [3.05, 3.63) is 24.5 Å². The Labute approximate surface area is 254 Å². The van der Waals surface area contributed by atoms with Crippen LogP contribution in [0.15, 0.2) is 24.5 Å². The lowest BCUT2D eigenvalue weighted by molar-refractivity contribution is -0.331. The van der Waals surface area contributed by atoms with Crippen molar-refractivity contribution in [2.45, 2.75) is 67.8 Å². The fraction of sp³-hybridized carbons (Fsp3) is 0.778. The minimum Gasteiger partial charge on any atom is -0.394 e. The molecule has 8 N–H and O–H groups in total. The lowest BCUT2D eigenvalue weighted by Gasteiger charge is -2.42. The Bertz CT molecular complexity index is 950. The second-order valence-electron chi connectivity index (χ2n) is 10.4. The molecule has 2 aliphatic heterocycles. The number of hydrogen-bond acceptors (Lipinski definition) is 16. The summed E-state index contributed by atoms with van der Waals surface area (Å²) in [6.07, 6.45) is -11.2. The highest BCUT2D eigenvalue weighted by atomic mass is 16.7. The van der Waals surface area contributed by atoms with Gasteiger partial charge in [-0.3, -0.25) is 9.78 Å². The van der Waals surface area contributed by atoms with Crippen LogP contribution in [0.3, 0.4) is 0 Å². The molecular weight excluding hydrogens is 590 g/mol. The van der Waals surface area contributed by atoms with E-state index in [9.17, 15) is 40.5 Å². The van der Waals surface area contributed by atoms with E-state index < -0.39 is 74.6 Å². The van der Waals surface area contributed by atoms with Crippen molar-refractivity contribution >= 4 is 11.6 Å². The van der Waals surface area contributed by atoms with Gasteiger partial charge in [0.05, 0.1) is 46.2 Å². The number of nitrogens with zero attached hydrogens (tertiary/aromatic N) is 2. The molecule has 17 nitrogen and oxygen atoms in total. The lowest BCUT2D eigenvalue weighted by Crippen LogP contribution is -2.61. The molecule has 2 saturated heterocycles. The summed E-state index contributed by atoms with van der Waals surface area (Å²) in [5.74, 6) is -0.0876. The molecule has 3 rings (SSSR count). The van der Waals surface area contributed by atoms with Gasteiger partial charge < -0.3 is 74.4 Å². The third-order valence-corrected chi connectivity index (χ3v) is 7.17. The van der Waals surface area contributed by atoms with E-state index in [2.05, 4.69) is 10.3 Å². The van der Waals surface area contributed by atoms with E-state index in [1.807, 2.05) is 24.1 Å². The number of pyridine rings is 1. The third kappa shape index (κ3) is 10.8. The van der Waals surface area contributed by atoms with Crippen LogP contribution in [0.25, 0.3) is 0 Å². The Morgan fingerprint density at radius 3 is 2.05 bits per heavy atom. The topological polar surface area (TPSA) is 242 Å². The number of aromatic nitrogens is 1. The quantitative estimate of drug-likeness (QED) is 0.0712. The van der Waals surface area contributed by atoms with Gasteiger partial charge in [-0.1, -0.05) is 0 Å². The first-order valence-corrected chi connectivity index (χ1v) is 14.4. The zero-order chi connectivity index (χ0) is 32.1. The highest BCUT2D eigenvalue weighted by Gasteiger charge is 2.47. The lowest BCUT2D eigenvalue weighted by atomic mass is 9.98. The van der Waals surface area contributed by atoms with Crippen molar-refractivity contribution in [1.82, 2.24) is 10.3 Å². The first-order valence-electron chi connectivity index (χ1n) is 14.4. The smallest absolute Gasteiger partial charge is 0.221 e. The molecule has 0 saturated carbocycles. The maximum Gasteiger partial charge on any atom is 0.221 e. The summed E-state index contributed by atoms with van der Waals surface area (Å²) in [7, 11) is 1.90. The maximum atomic E-state index is 12.0. The molecule has 2 aliphatic rings. The molecular formula is C27H45N3O14. The van der Waals surface area contributed by atoms with Gasteiger partial charge in [-0.2, -0.15) is 0 Å². The summed E-state index contributed by atoms with van der Waals surface area (Å²) in [5, 5.41) is 72.7. The molecule has 0 radical (unpaired) electrons. The number of ether oxygens (including phenoxy) is 6. The van der Waals surface area contributed by atoms with Crippen LogP contribution >= 0.6 is 0 Å². The van der Waals surface area contributed by atoms with Gasteiger partial charge in [-0.05, 0) is 12.1 Å². The predicted octanol–water partition coefficient (Wildman–Crippen LogP) is -4.30. The van der Waals surface area contributed by atoms with Crippen molar-refractivity contribution in [3.63, 3.8) is 0 Å². The molecule has 0 bridgehead atoms. The SMILES string of the molecule is CN(CCC(=O)NCCOCCOCCO[C@H]1O[C@H](CO[C@H]2O[C@H](CO)[C@@H](O)[C@H](O)[C@@H]2O)[C@@H](O)[C@H](O)[C@@H]1O)c1ccncc1. The van der Waals surface area contributed by atoms with E-state index in [4.69, 9.17) is 28.4 Å². The van der Waals surface area contributed by atoms with E-state index in [0.29, 0.717) is 26.1 Å². The van der Waals surface area contributed by atoms with Crippen LogP contribution in [0, 0.1) is 0 Å². The standard InChI is InChI=1S/C27H45N3O14/c1-30(16-2-5-28-6-3-16)8-4-19(32)29-7-9-39-10-11-40-12-13-41-26-24(37)23(36)21(34)18(44-26)15-42-27-25(38)22(35)20(33)17(14-31)43-27/h2-3,5-6,17-18,20-27,31,33-38H,4,7-15H2,1H3,(H,29,32)/t17-,18-,20-,21-,22+,23+,24+,25+,26+,27+/m1/s1. The molecule has 17 heteroatoms. The normalized spacial score (nSPS) is 32.4. The van der Waals surface area contributed by atoms with E-state index in [1.54, 1.807) is 12.4 Å². The molecule has 2 fully saturated rings. The average molecular weight is 636 g/mol. The van der Waals surface area contributed by atoms with Gasteiger partial charge in [0.15, 0.2) is 12.6 Å². The Balaban J connectivity index is 1.24. The van der Waals surface area contributed by atoms with E-state index in [1.165, 1.54) is 0 Å². The van der Waals surface area contributed by atoms with E-state index >= 15 is 0 Å². The third-order valence-electron chi connectivity index (χ3n) is 7.17. The van der Waals surface area contributed by atoms with Crippen molar-refractivity contribution in [3.8, 4) is 0 Å². The first kappa shape index (κ1) is 36.4. The average Bonchev–Trinajstić information content (AvgIpc) is 3.03. The van der Waals surface area contributed by atoms with E-state index in [-0.39, 0.29) is 32.3 Å². The number of aliphatic hydroxyl groups is 7. The number of nitrogens with one attached hydrogen (secondary N) is 1. The van der Waals surface area contributed by atoms with Crippen molar-refractivity contribution in [1.29, 1.82) is 0 Å². The zero-order valence-corrected chi connectivity index (χ0v) is 24.5. The van der Waals surface area contributed by atoms with Crippen molar-refractivity contribution < 1.29 is 69.0 Å². The highest BCUT2D eigenvalue weighted by molar-refractivity contribution is 5.76. The number of carbonyl (C=O) groups excluding carboxylic acids is 1. The number of rotatable bonds is 18. The van der Waals surface area contributed by atoms with Gasteiger partial charge in [-0.15, -0.1) is 0 Å². The fourth-order valence-corrected chi connectivity index (χ4v) is 4.48. The predicted molar refractivity (Wildman–Crippen MR) is 149 cm³/mol. The summed E-state index contributed by atoms with van der Waals surface area (Å²) in [5.41, 5.74) is 0.976. The summed E-state index contributed by atoms with van der Waals surface area (Å²) < 4.78 is 32.5. The molecule has 0 unspecified atom stereocenters. The van der Waals surface area contributed by atoms with Crippen molar-refractivity contribution in [2.24, 2.45) is 0 Å². The molecule has 3 heterocycles. The zero-order valence-electron chi connectivity index (χ0n) is 24.5. The maximum absolute atomic E-state index is 12.0. The summed E-state index contributed by atoms with van der Waals surface area (Å²) in [6, 6.07) is 3.74. The van der Waals surface area contributed by atoms with E-state index in [0.717, 1.165) is 5.69 Å². The second kappa shape index (κ2) is 18.8. The molecule has 1 amide bonds. The van der Waals surface area contributed by atoms with Gasteiger partial charge in [0.1, 0.15) is 48.8 Å². The molecule has 252 valence electrons. The molecule has 1 aromatic heterocycles. The molecule has 1 aromatic rings. The summed E-state index contributed by atoms with van der Waals surface area (Å²) in [6.45, 7) is 0.693. The van der Waals surface area contributed by atoms with Crippen LogP contribution in [-0.4, -0.2) is 174 Å². The van der Waals surface area contributed by atoms with Crippen LogP contribution in [0.4, 0.5) is 5.69 Å². The number of anilines is 1. The van der Waals surface area contributed by atoms with Gasteiger partial charge >= 0.3 is 0 Å². The molecule has 10 atom stereocenters. The Morgan fingerprint density at radius 2 is 1.39 bits per heavy atom. The first-order chi connectivity index (χ1) is 21.1. The largest absolute Gasteiger partial charge is 0.394 e. The molecule has 0 spiro atoms. The Kier molecular flexibility index (Phi) is 15.5. The van der Waals surface area contributed by atoms with Crippen LogP contribution in [-0.2, 0) is 33.2 Å². The van der Waals surface area contributed by atoms with Gasteiger partial charge in [0, 0.05) is 44.6 Å². The Morgan fingerprint density at radius 1 is 0.818 bits per heavy atom. The Hall–Kier alpha value is -2.10. The second-order valence-corrected chi connectivity index (χ2v) is 10.4. The van der Waals surface area contributed by atoms with Crippen LogP contribution < -0.4 is 10.2 Å². The number of carbonyl (C=O) groups is 1. The van der Waals surface area contributed by atoms with Gasteiger partial charge in [0.2, 0.25) is 5.91 Å². The van der Waals surface area contributed by atoms with Gasteiger partial charge in [-0.25, -0.2) is 0 Å².